The molecule has 3 nitrogen and oxygen atoms in total. The van der Waals surface area contributed by atoms with Crippen molar-refractivity contribution in [1.82, 2.24) is 5.32 Å². The number of unbranched alkanes of at least 4 members (excludes halogenated alkanes) is 9. The van der Waals surface area contributed by atoms with Gasteiger partial charge < -0.3 is 10.1 Å². The number of hydrogen-bond acceptors (Lipinski definition) is 2. The first kappa shape index (κ1) is 17.0. The van der Waals surface area contributed by atoms with Crippen molar-refractivity contribution < 1.29 is 9.53 Å². The second kappa shape index (κ2) is 14.1. The van der Waals surface area contributed by atoms with Crippen molar-refractivity contribution in [3.8, 4) is 0 Å². The highest BCUT2D eigenvalue weighted by Crippen LogP contribution is 2.10. The van der Waals surface area contributed by atoms with Crippen molar-refractivity contribution in [3.05, 3.63) is 12.8 Å². The molecule has 18 heavy (non-hydrogen) atoms. The van der Waals surface area contributed by atoms with Crippen molar-refractivity contribution in [2.75, 3.05) is 6.54 Å². The van der Waals surface area contributed by atoms with E-state index in [1.165, 1.54) is 57.8 Å². The summed E-state index contributed by atoms with van der Waals surface area (Å²) in [5.74, 6) is 0. The maximum Gasteiger partial charge on any atom is 0.411 e. The lowest BCUT2D eigenvalue weighted by molar-refractivity contribution is 0.185. The minimum atomic E-state index is -0.402. The van der Waals surface area contributed by atoms with Crippen LogP contribution in [0.5, 0.6) is 0 Å². The fraction of sp³-hybridized carbons (Fsp3) is 0.800. The monoisotopic (exact) mass is 255 g/mol. The highest BCUT2D eigenvalue weighted by Gasteiger charge is 1.97. The van der Waals surface area contributed by atoms with E-state index >= 15 is 0 Å². The highest BCUT2D eigenvalue weighted by molar-refractivity contribution is 5.67. The summed E-state index contributed by atoms with van der Waals surface area (Å²) in [5, 5.41) is 2.68. The summed E-state index contributed by atoms with van der Waals surface area (Å²) >= 11 is 0. The number of amides is 1. The third kappa shape index (κ3) is 13.1. The molecule has 0 bridgehead atoms. The molecule has 0 rings (SSSR count). The van der Waals surface area contributed by atoms with Gasteiger partial charge in [-0.3, -0.25) is 0 Å². The van der Waals surface area contributed by atoms with E-state index < -0.39 is 6.09 Å². The van der Waals surface area contributed by atoms with Gasteiger partial charge in [0.05, 0.1) is 6.26 Å². The second-order valence-corrected chi connectivity index (χ2v) is 4.68. The van der Waals surface area contributed by atoms with Crippen LogP contribution in [0.4, 0.5) is 4.79 Å². The van der Waals surface area contributed by atoms with Gasteiger partial charge in [-0.1, -0.05) is 71.3 Å². The lowest BCUT2D eigenvalue weighted by atomic mass is 10.1. The lowest BCUT2D eigenvalue weighted by Gasteiger charge is -2.04. The first-order valence-corrected chi connectivity index (χ1v) is 7.36. The Kier molecular flexibility index (Phi) is 13.3. The normalized spacial score (nSPS) is 10.1. The average molecular weight is 255 g/mol. The lowest BCUT2D eigenvalue weighted by Crippen LogP contribution is -2.23. The van der Waals surface area contributed by atoms with E-state index in [0.29, 0.717) is 6.54 Å². The quantitative estimate of drug-likeness (QED) is 0.402. The van der Waals surface area contributed by atoms with E-state index in [1.54, 1.807) is 0 Å². The van der Waals surface area contributed by atoms with E-state index in [0.717, 1.165) is 12.7 Å². The predicted molar refractivity (Wildman–Crippen MR) is 76.5 cm³/mol. The van der Waals surface area contributed by atoms with Crippen molar-refractivity contribution in [3.63, 3.8) is 0 Å². The van der Waals surface area contributed by atoms with Crippen LogP contribution in [0.15, 0.2) is 12.8 Å². The molecule has 0 aromatic heterocycles. The van der Waals surface area contributed by atoms with E-state index in [4.69, 9.17) is 0 Å². The topological polar surface area (TPSA) is 38.3 Å². The van der Waals surface area contributed by atoms with Crippen molar-refractivity contribution in [2.24, 2.45) is 0 Å². The zero-order valence-corrected chi connectivity index (χ0v) is 11.9. The Balaban J connectivity index is 3.03. The molecular weight excluding hydrogens is 226 g/mol. The van der Waals surface area contributed by atoms with Gasteiger partial charge in [-0.2, -0.15) is 0 Å². The molecule has 0 saturated heterocycles. The van der Waals surface area contributed by atoms with Gasteiger partial charge in [0.1, 0.15) is 0 Å². The number of alkyl carbamates (subject to hydrolysis) is 1. The summed E-state index contributed by atoms with van der Waals surface area (Å²) in [7, 11) is 0. The van der Waals surface area contributed by atoms with Crippen molar-refractivity contribution in [2.45, 2.75) is 71.1 Å². The Hall–Kier alpha value is -0.990. The van der Waals surface area contributed by atoms with Gasteiger partial charge in [-0.05, 0) is 6.42 Å². The van der Waals surface area contributed by atoms with Crippen LogP contribution in [0, 0.1) is 0 Å². The summed E-state index contributed by atoms with van der Waals surface area (Å²) < 4.78 is 4.55. The van der Waals surface area contributed by atoms with Gasteiger partial charge >= 0.3 is 6.09 Å². The van der Waals surface area contributed by atoms with Crippen molar-refractivity contribution >= 4 is 6.09 Å². The molecule has 0 unspecified atom stereocenters. The Labute approximate surface area is 112 Å². The summed E-state index contributed by atoms with van der Waals surface area (Å²) in [5.41, 5.74) is 0. The number of carbonyl (C=O) groups is 1. The van der Waals surface area contributed by atoms with Gasteiger partial charge in [-0.25, -0.2) is 4.79 Å². The molecule has 0 aromatic rings. The Bertz CT molecular complexity index is 205. The van der Waals surface area contributed by atoms with E-state index in [1.807, 2.05) is 0 Å². The minimum absolute atomic E-state index is 0.402. The SMILES string of the molecule is C=COC(=O)NCCCCCCCCCCCC. The number of ether oxygens (including phenoxy) is 1. The standard InChI is InChI=1S/C15H29NO2/c1-3-5-6-7-8-9-10-11-12-13-14-16-15(17)18-4-2/h4H,2-3,5-14H2,1H3,(H,16,17). The van der Waals surface area contributed by atoms with Gasteiger partial charge in [-0.15, -0.1) is 0 Å². The van der Waals surface area contributed by atoms with Gasteiger partial charge in [0, 0.05) is 6.54 Å². The van der Waals surface area contributed by atoms with Gasteiger partial charge in [0.25, 0.3) is 0 Å². The van der Waals surface area contributed by atoms with Crippen LogP contribution in [0.2, 0.25) is 0 Å². The maximum absolute atomic E-state index is 10.9. The smallest absolute Gasteiger partial charge is 0.411 e. The number of hydrogen-bond donors (Lipinski definition) is 1. The van der Waals surface area contributed by atoms with Gasteiger partial charge in [0.2, 0.25) is 0 Å². The fourth-order valence-corrected chi connectivity index (χ4v) is 1.92. The third-order valence-corrected chi connectivity index (χ3v) is 2.99. The first-order chi connectivity index (χ1) is 8.81. The van der Waals surface area contributed by atoms with Crippen molar-refractivity contribution in [1.29, 1.82) is 0 Å². The van der Waals surface area contributed by atoms with Gasteiger partial charge in [0.15, 0.2) is 0 Å². The Morgan fingerprint density at radius 1 is 1.00 bits per heavy atom. The second-order valence-electron chi connectivity index (χ2n) is 4.68. The molecule has 3 heteroatoms. The highest BCUT2D eigenvalue weighted by atomic mass is 16.5. The van der Waals surface area contributed by atoms with Crippen LogP contribution in [-0.4, -0.2) is 12.6 Å². The molecule has 0 aliphatic carbocycles. The van der Waals surface area contributed by atoms with Crippen LogP contribution >= 0.6 is 0 Å². The fourth-order valence-electron chi connectivity index (χ4n) is 1.92. The summed E-state index contributed by atoms with van der Waals surface area (Å²) in [6.07, 6.45) is 13.8. The number of nitrogens with one attached hydrogen (secondary N) is 1. The van der Waals surface area contributed by atoms with Crippen LogP contribution in [-0.2, 0) is 4.74 Å². The zero-order valence-electron chi connectivity index (χ0n) is 11.9. The molecule has 0 heterocycles. The summed E-state index contributed by atoms with van der Waals surface area (Å²) in [6, 6.07) is 0. The molecular formula is C15H29NO2. The first-order valence-electron chi connectivity index (χ1n) is 7.36. The summed E-state index contributed by atoms with van der Waals surface area (Å²) in [4.78, 5) is 10.9. The van der Waals surface area contributed by atoms with E-state index in [9.17, 15) is 4.79 Å². The Morgan fingerprint density at radius 2 is 1.50 bits per heavy atom. The van der Waals surface area contributed by atoms with Crippen LogP contribution < -0.4 is 5.32 Å². The maximum atomic E-state index is 10.9. The van der Waals surface area contributed by atoms with Crippen LogP contribution in [0.3, 0.4) is 0 Å². The van der Waals surface area contributed by atoms with Crippen LogP contribution in [0.1, 0.15) is 71.1 Å². The molecule has 0 atom stereocenters. The molecule has 0 spiro atoms. The van der Waals surface area contributed by atoms with E-state index in [2.05, 4.69) is 23.6 Å². The Morgan fingerprint density at radius 3 is 2.00 bits per heavy atom. The number of carbonyl (C=O) groups excluding carboxylic acids is 1. The molecule has 0 radical (unpaired) electrons. The molecule has 0 aliphatic rings. The third-order valence-electron chi connectivity index (χ3n) is 2.99. The molecule has 1 N–H and O–H groups in total. The molecule has 0 aromatic carbocycles. The summed E-state index contributed by atoms with van der Waals surface area (Å²) in [6.45, 7) is 6.27. The number of rotatable bonds is 12. The van der Waals surface area contributed by atoms with E-state index in [-0.39, 0.29) is 0 Å². The molecule has 0 fully saturated rings. The molecule has 106 valence electrons. The molecule has 1 amide bonds. The average Bonchev–Trinajstić information content (AvgIpc) is 2.36. The predicted octanol–water partition coefficient (Wildman–Crippen LogP) is 4.78. The minimum Gasteiger partial charge on any atom is -0.419 e. The zero-order chi connectivity index (χ0) is 13.5. The largest absolute Gasteiger partial charge is 0.419 e. The molecule has 0 aliphatic heterocycles. The molecule has 0 saturated carbocycles. The van der Waals surface area contributed by atoms with Crippen LogP contribution in [0.25, 0.3) is 0 Å².